The van der Waals surface area contributed by atoms with Crippen molar-refractivity contribution in [2.45, 2.75) is 13.0 Å². The molecule has 120 valence electrons. The first-order valence-corrected chi connectivity index (χ1v) is 7.23. The Kier molecular flexibility index (Phi) is 5.65. The molecule has 0 aliphatic heterocycles. The number of aromatic nitrogens is 1. The largest absolute Gasteiger partial charge is 0.464 e. The molecule has 2 rings (SSSR count). The number of benzene rings is 1. The van der Waals surface area contributed by atoms with Crippen molar-refractivity contribution in [2.24, 2.45) is 0 Å². The van der Waals surface area contributed by atoms with Crippen molar-refractivity contribution in [1.82, 2.24) is 10.3 Å². The molecule has 0 aliphatic rings. The lowest BCUT2D eigenvalue weighted by Gasteiger charge is -2.18. The van der Waals surface area contributed by atoms with Crippen LogP contribution in [0.15, 0.2) is 42.7 Å². The molecule has 0 spiro atoms. The van der Waals surface area contributed by atoms with E-state index in [4.69, 9.17) is 16.3 Å². The predicted molar refractivity (Wildman–Crippen MR) is 82.5 cm³/mol. The summed E-state index contributed by atoms with van der Waals surface area (Å²) in [7, 11) is 0. The first kappa shape index (κ1) is 16.9. The van der Waals surface area contributed by atoms with Gasteiger partial charge in [0, 0.05) is 11.2 Å². The zero-order valence-electron chi connectivity index (χ0n) is 12.3. The van der Waals surface area contributed by atoms with E-state index in [0.29, 0.717) is 10.6 Å². The highest BCUT2D eigenvalue weighted by molar-refractivity contribution is 6.30. The van der Waals surface area contributed by atoms with Crippen molar-refractivity contribution in [2.75, 3.05) is 6.61 Å². The number of ether oxygens (including phenoxy) is 1. The summed E-state index contributed by atoms with van der Waals surface area (Å²) in [5.41, 5.74) is 0.277. The Hall–Kier alpha value is -2.47. The van der Waals surface area contributed by atoms with Gasteiger partial charge < -0.3 is 10.1 Å². The van der Waals surface area contributed by atoms with Crippen molar-refractivity contribution < 1.29 is 18.7 Å². The quantitative estimate of drug-likeness (QED) is 0.852. The van der Waals surface area contributed by atoms with Crippen molar-refractivity contribution in [1.29, 1.82) is 0 Å². The Bertz CT molecular complexity index is 707. The Labute approximate surface area is 137 Å². The average molecular weight is 337 g/mol. The molecule has 7 heteroatoms. The Morgan fingerprint density at radius 1 is 1.30 bits per heavy atom. The van der Waals surface area contributed by atoms with Gasteiger partial charge in [0.2, 0.25) is 0 Å². The normalized spacial score (nSPS) is 11.6. The van der Waals surface area contributed by atoms with Crippen LogP contribution >= 0.6 is 11.6 Å². The number of rotatable bonds is 5. The standard InChI is InChI=1S/C16H14ClFN2O3/c1-2-23-16(22)14(10-3-5-11(17)6-4-10)20-15(21)12-7-8-19-9-13(12)18/h3-9,14H,2H2,1H3,(H,20,21)/t14-/m0/s1. The predicted octanol–water partition coefficient (Wildman–Crippen LogP) is 2.91. The maximum atomic E-state index is 13.6. The highest BCUT2D eigenvalue weighted by atomic mass is 35.5. The zero-order chi connectivity index (χ0) is 16.8. The molecular weight excluding hydrogens is 323 g/mol. The second-order valence-electron chi connectivity index (χ2n) is 4.57. The molecule has 0 bridgehead atoms. The van der Waals surface area contributed by atoms with E-state index in [1.165, 1.54) is 12.3 Å². The Balaban J connectivity index is 2.27. The van der Waals surface area contributed by atoms with Gasteiger partial charge >= 0.3 is 5.97 Å². The number of nitrogens with zero attached hydrogens (tertiary/aromatic N) is 1. The first-order chi connectivity index (χ1) is 11.0. The maximum absolute atomic E-state index is 13.6. The Morgan fingerprint density at radius 2 is 2.00 bits per heavy atom. The molecule has 0 saturated heterocycles. The molecule has 0 radical (unpaired) electrons. The molecule has 0 unspecified atom stereocenters. The molecule has 0 aliphatic carbocycles. The molecule has 0 saturated carbocycles. The van der Waals surface area contributed by atoms with Crippen molar-refractivity contribution in [3.63, 3.8) is 0 Å². The van der Waals surface area contributed by atoms with E-state index in [1.54, 1.807) is 31.2 Å². The number of amides is 1. The number of halogens is 2. The van der Waals surface area contributed by atoms with Crippen LogP contribution in [0, 0.1) is 5.82 Å². The molecular formula is C16H14ClFN2O3. The van der Waals surface area contributed by atoms with Crippen LogP contribution in [0.2, 0.25) is 5.02 Å². The summed E-state index contributed by atoms with van der Waals surface area (Å²) < 4.78 is 18.6. The van der Waals surface area contributed by atoms with Crippen molar-refractivity contribution in [3.05, 3.63) is 64.7 Å². The molecule has 1 aromatic carbocycles. The molecule has 5 nitrogen and oxygen atoms in total. The van der Waals surface area contributed by atoms with Gasteiger partial charge in [-0.25, -0.2) is 9.18 Å². The first-order valence-electron chi connectivity index (χ1n) is 6.85. The number of pyridine rings is 1. The molecule has 1 amide bonds. The summed E-state index contributed by atoms with van der Waals surface area (Å²) in [5.74, 6) is -2.15. The van der Waals surface area contributed by atoms with Gasteiger partial charge in [-0.3, -0.25) is 9.78 Å². The van der Waals surface area contributed by atoms with Crippen LogP contribution in [-0.4, -0.2) is 23.5 Å². The highest BCUT2D eigenvalue weighted by Gasteiger charge is 2.25. The molecule has 1 atom stereocenters. The minimum Gasteiger partial charge on any atom is -0.464 e. The molecule has 1 heterocycles. The molecule has 0 fully saturated rings. The fraction of sp³-hybridized carbons (Fsp3) is 0.188. The number of esters is 1. The topological polar surface area (TPSA) is 68.3 Å². The fourth-order valence-corrected chi connectivity index (χ4v) is 2.05. The summed E-state index contributed by atoms with van der Waals surface area (Å²) in [5, 5.41) is 2.96. The number of hydrogen-bond donors (Lipinski definition) is 1. The molecule has 1 N–H and O–H groups in total. The van der Waals surface area contributed by atoms with Crippen LogP contribution in [0.1, 0.15) is 28.9 Å². The van der Waals surface area contributed by atoms with Crippen LogP contribution < -0.4 is 5.32 Å². The minimum atomic E-state index is -1.06. The van der Waals surface area contributed by atoms with Crippen LogP contribution in [0.3, 0.4) is 0 Å². The number of carbonyl (C=O) groups is 2. The second-order valence-corrected chi connectivity index (χ2v) is 5.00. The fourth-order valence-electron chi connectivity index (χ4n) is 1.93. The summed E-state index contributed by atoms with van der Waals surface area (Å²) in [6.07, 6.45) is 2.22. The number of hydrogen-bond acceptors (Lipinski definition) is 4. The number of carbonyl (C=O) groups excluding carboxylic acids is 2. The monoisotopic (exact) mass is 336 g/mol. The lowest BCUT2D eigenvalue weighted by molar-refractivity contribution is -0.145. The summed E-state index contributed by atoms with van der Waals surface area (Å²) in [4.78, 5) is 27.9. The lowest BCUT2D eigenvalue weighted by atomic mass is 10.1. The van der Waals surface area contributed by atoms with E-state index >= 15 is 0 Å². The average Bonchev–Trinajstić information content (AvgIpc) is 2.54. The zero-order valence-corrected chi connectivity index (χ0v) is 13.0. The smallest absolute Gasteiger partial charge is 0.333 e. The van der Waals surface area contributed by atoms with Crippen LogP contribution in [-0.2, 0) is 9.53 Å². The van der Waals surface area contributed by atoms with E-state index in [0.717, 1.165) is 6.20 Å². The van der Waals surface area contributed by atoms with Crippen molar-refractivity contribution in [3.8, 4) is 0 Å². The van der Waals surface area contributed by atoms with Gasteiger partial charge in [0.15, 0.2) is 11.9 Å². The summed E-state index contributed by atoms with van der Waals surface area (Å²) in [6.45, 7) is 1.81. The maximum Gasteiger partial charge on any atom is 0.333 e. The molecule has 1 aromatic heterocycles. The van der Waals surface area contributed by atoms with Gasteiger partial charge in [0.25, 0.3) is 5.91 Å². The highest BCUT2D eigenvalue weighted by Crippen LogP contribution is 2.19. The van der Waals surface area contributed by atoms with E-state index in [-0.39, 0.29) is 12.2 Å². The molecule has 23 heavy (non-hydrogen) atoms. The van der Waals surface area contributed by atoms with E-state index in [2.05, 4.69) is 10.3 Å². The third-order valence-electron chi connectivity index (χ3n) is 3.02. The van der Waals surface area contributed by atoms with Crippen molar-refractivity contribution >= 4 is 23.5 Å². The van der Waals surface area contributed by atoms with E-state index < -0.39 is 23.7 Å². The number of nitrogens with one attached hydrogen (secondary N) is 1. The van der Waals surface area contributed by atoms with Crippen LogP contribution in [0.5, 0.6) is 0 Å². The lowest BCUT2D eigenvalue weighted by Crippen LogP contribution is -2.35. The van der Waals surface area contributed by atoms with Crippen LogP contribution in [0.4, 0.5) is 4.39 Å². The van der Waals surface area contributed by atoms with Gasteiger partial charge in [-0.2, -0.15) is 0 Å². The minimum absolute atomic E-state index is 0.155. The Morgan fingerprint density at radius 3 is 2.61 bits per heavy atom. The van der Waals surface area contributed by atoms with Gasteiger partial charge in [-0.15, -0.1) is 0 Å². The van der Waals surface area contributed by atoms with Crippen LogP contribution in [0.25, 0.3) is 0 Å². The third-order valence-corrected chi connectivity index (χ3v) is 3.27. The second kappa shape index (κ2) is 7.69. The summed E-state index contributed by atoms with van der Waals surface area (Å²) >= 11 is 5.82. The SMILES string of the molecule is CCOC(=O)[C@@H](NC(=O)c1ccncc1F)c1ccc(Cl)cc1. The van der Waals surface area contributed by atoms with E-state index in [9.17, 15) is 14.0 Å². The molecule has 2 aromatic rings. The van der Waals surface area contributed by atoms with Gasteiger partial charge in [-0.1, -0.05) is 23.7 Å². The van der Waals surface area contributed by atoms with Gasteiger partial charge in [0.05, 0.1) is 18.4 Å². The van der Waals surface area contributed by atoms with Gasteiger partial charge in [0.1, 0.15) is 0 Å². The van der Waals surface area contributed by atoms with Gasteiger partial charge in [-0.05, 0) is 30.7 Å². The third kappa shape index (κ3) is 4.26. The summed E-state index contributed by atoms with van der Waals surface area (Å²) in [6, 6.07) is 6.52. The van der Waals surface area contributed by atoms with E-state index in [1.807, 2.05) is 0 Å².